The van der Waals surface area contributed by atoms with Crippen LogP contribution in [-0.2, 0) is 6.54 Å². The summed E-state index contributed by atoms with van der Waals surface area (Å²) in [4.78, 5) is 26.0. The Kier molecular flexibility index (Phi) is 4.21. The first-order valence-corrected chi connectivity index (χ1v) is 7.94. The predicted octanol–water partition coefficient (Wildman–Crippen LogP) is 1.09. The first-order chi connectivity index (χ1) is 10.2. The lowest BCUT2D eigenvalue weighted by Gasteiger charge is -2.25. The second kappa shape index (κ2) is 6.28. The van der Waals surface area contributed by atoms with Crippen LogP contribution in [0.15, 0.2) is 28.5 Å². The minimum absolute atomic E-state index is 0.0997. The van der Waals surface area contributed by atoms with Crippen molar-refractivity contribution in [3.63, 3.8) is 0 Å². The van der Waals surface area contributed by atoms with Crippen molar-refractivity contribution in [3.8, 4) is 0 Å². The lowest BCUT2D eigenvalue weighted by atomic mass is 10.1. The highest BCUT2D eigenvalue weighted by molar-refractivity contribution is 7.07. The maximum absolute atomic E-state index is 12.3. The van der Waals surface area contributed by atoms with Gasteiger partial charge in [-0.2, -0.15) is 0 Å². The number of nitrogens with one attached hydrogen (secondary N) is 3. The Morgan fingerprint density at radius 1 is 1.43 bits per heavy atom. The third-order valence-electron chi connectivity index (χ3n) is 3.72. The fourth-order valence-electron chi connectivity index (χ4n) is 2.66. The van der Waals surface area contributed by atoms with E-state index in [4.69, 9.17) is 0 Å². The van der Waals surface area contributed by atoms with Gasteiger partial charge in [-0.1, -0.05) is 11.3 Å². The van der Waals surface area contributed by atoms with Gasteiger partial charge >= 0.3 is 4.87 Å². The van der Waals surface area contributed by atoms with E-state index in [0.29, 0.717) is 18.3 Å². The Hall–Kier alpha value is -1.86. The smallest absolute Gasteiger partial charge is 0.304 e. The van der Waals surface area contributed by atoms with Gasteiger partial charge in [0.05, 0.1) is 6.54 Å². The number of hydrogen-bond acceptors (Lipinski definition) is 4. The second-order valence-electron chi connectivity index (χ2n) is 5.14. The van der Waals surface area contributed by atoms with Crippen LogP contribution < -0.4 is 15.5 Å². The van der Waals surface area contributed by atoms with Crippen LogP contribution in [0.4, 0.5) is 0 Å². The van der Waals surface area contributed by atoms with Crippen molar-refractivity contribution in [2.75, 3.05) is 13.1 Å². The van der Waals surface area contributed by atoms with Crippen molar-refractivity contribution in [2.45, 2.75) is 25.4 Å². The highest BCUT2D eigenvalue weighted by Gasteiger charge is 2.19. The standard InChI is InChI=1S/C14H18N4O2S/c19-13(16-8-10-9-21-14(20)17-10)12-2-1-7-18(12)11-3-5-15-6-4-11/h1-2,7,9,11,15H,3-6,8H2,(H,16,19)(H,17,20). The first-order valence-electron chi connectivity index (χ1n) is 7.06. The fourth-order valence-corrected chi connectivity index (χ4v) is 3.24. The summed E-state index contributed by atoms with van der Waals surface area (Å²) in [7, 11) is 0. The van der Waals surface area contributed by atoms with Crippen molar-refractivity contribution in [1.82, 2.24) is 20.2 Å². The summed E-state index contributed by atoms with van der Waals surface area (Å²) in [6.07, 6.45) is 4.04. The van der Waals surface area contributed by atoms with Crippen LogP contribution >= 0.6 is 11.3 Å². The number of amides is 1. The molecule has 0 unspecified atom stereocenters. The molecule has 3 rings (SSSR count). The van der Waals surface area contributed by atoms with Crippen LogP contribution in [0.1, 0.15) is 35.1 Å². The molecule has 0 bridgehead atoms. The largest absolute Gasteiger partial charge is 0.345 e. The molecule has 7 heteroatoms. The van der Waals surface area contributed by atoms with E-state index in [9.17, 15) is 9.59 Å². The van der Waals surface area contributed by atoms with Crippen LogP contribution in [0.3, 0.4) is 0 Å². The maximum Gasteiger partial charge on any atom is 0.304 e. The molecule has 3 N–H and O–H groups in total. The van der Waals surface area contributed by atoms with Crippen LogP contribution in [0, 0.1) is 0 Å². The van der Waals surface area contributed by atoms with Crippen molar-refractivity contribution in [2.24, 2.45) is 0 Å². The number of hydrogen-bond donors (Lipinski definition) is 3. The second-order valence-corrected chi connectivity index (χ2v) is 5.98. The van der Waals surface area contributed by atoms with Crippen molar-refractivity contribution >= 4 is 17.2 Å². The number of aromatic nitrogens is 2. The van der Waals surface area contributed by atoms with Gasteiger partial charge in [-0.3, -0.25) is 9.59 Å². The van der Waals surface area contributed by atoms with Gasteiger partial charge in [0, 0.05) is 23.3 Å². The molecule has 1 aliphatic heterocycles. The summed E-state index contributed by atoms with van der Waals surface area (Å²) >= 11 is 1.10. The third kappa shape index (κ3) is 3.25. The average Bonchev–Trinajstić information content (AvgIpc) is 3.14. The van der Waals surface area contributed by atoms with E-state index in [-0.39, 0.29) is 10.8 Å². The van der Waals surface area contributed by atoms with E-state index in [1.54, 1.807) is 5.38 Å². The van der Waals surface area contributed by atoms with Crippen LogP contribution in [0.5, 0.6) is 0 Å². The van der Waals surface area contributed by atoms with Gasteiger partial charge in [-0.25, -0.2) is 0 Å². The zero-order valence-electron chi connectivity index (χ0n) is 11.6. The molecular formula is C14H18N4O2S. The molecule has 2 aromatic rings. The highest BCUT2D eigenvalue weighted by atomic mass is 32.1. The molecule has 0 aromatic carbocycles. The minimum Gasteiger partial charge on any atom is -0.345 e. The molecular weight excluding hydrogens is 288 g/mol. The number of thiazole rings is 1. The highest BCUT2D eigenvalue weighted by Crippen LogP contribution is 2.21. The van der Waals surface area contributed by atoms with Gasteiger partial charge in [0.25, 0.3) is 5.91 Å². The maximum atomic E-state index is 12.3. The molecule has 0 radical (unpaired) electrons. The third-order valence-corrected chi connectivity index (χ3v) is 4.44. The Morgan fingerprint density at radius 2 is 2.24 bits per heavy atom. The fraction of sp³-hybridized carbons (Fsp3) is 0.429. The van der Waals surface area contributed by atoms with E-state index >= 15 is 0 Å². The molecule has 1 aliphatic rings. The summed E-state index contributed by atoms with van der Waals surface area (Å²) in [5.41, 5.74) is 1.41. The van der Waals surface area contributed by atoms with Crippen molar-refractivity contribution in [3.05, 3.63) is 44.8 Å². The summed E-state index contributed by atoms with van der Waals surface area (Å²) in [5, 5.41) is 7.91. The molecule has 3 heterocycles. The Bertz CT molecular complexity index is 666. The van der Waals surface area contributed by atoms with Crippen LogP contribution in [0.2, 0.25) is 0 Å². The normalized spacial score (nSPS) is 16.0. The van der Waals surface area contributed by atoms with Gasteiger partial charge in [0.1, 0.15) is 5.69 Å². The monoisotopic (exact) mass is 306 g/mol. The molecule has 112 valence electrons. The van der Waals surface area contributed by atoms with E-state index in [0.717, 1.165) is 43.0 Å². The Labute approximate surface area is 126 Å². The molecule has 0 atom stereocenters. The molecule has 0 spiro atoms. The lowest BCUT2D eigenvalue weighted by Crippen LogP contribution is -2.32. The SMILES string of the molecule is O=C(NCc1csc(=O)[nH]1)c1cccn1C1CCNCC1. The molecule has 0 saturated carbocycles. The van der Waals surface area contributed by atoms with Gasteiger partial charge < -0.3 is 20.2 Å². The number of carbonyl (C=O) groups excluding carboxylic acids is 1. The van der Waals surface area contributed by atoms with Crippen molar-refractivity contribution in [1.29, 1.82) is 0 Å². The van der Waals surface area contributed by atoms with Crippen LogP contribution in [0.25, 0.3) is 0 Å². The zero-order valence-corrected chi connectivity index (χ0v) is 12.4. The Balaban J connectivity index is 1.67. The number of aromatic amines is 1. The lowest BCUT2D eigenvalue weighted by molar-refractivity contribution is 0.0937. The molecule has 1 fully saturated rings. The minimum atomic E-state index is -0.106. The molecule has 6 nitrogen and oxygen atoms in total. The summed E-state index contributed by atoms with van der Waals surface area (Å²) in [6.45, 7) is 2.31. The van der Waals surface area contributed by atoms with Gasteiger partial charge in [0.2, 0.25) is 0 Å². The molecule has 1 amide bonds. The van der Waals surface area contributed by atoms with Gasteiger partial charge in [0.15, 0.2) is 0 Å². The summed E-state index contributed by atoms with van der Waals surface area (Å²) in [5.74, 6) is -0.106. The van der Waals surface area contributed by atoms with Crippen molar-refractivity contribution < 1.29 is 4.79 Å². The number of piperidine rings is 1. The average molecular weight is 306 g/mol. The van der Waals surface area contributed by atoms with E-state index in [2.05, 4.69) is 20.2 Å². The van der Waals surface area contributed by atoms with Gasteiger partial charge in [-0.15, -0.1) is 0 Å². The molecule has 21 heavy (non-hydrogen) atoms. The zero-order chi connectivity index (χ0) is 14.7. The van der Waals surface area contributed by atoms with E-state index in [1.165, 1.54) is 0 Å². The molecule has 1 saturated heterocycles. The summed E-state index contributed by atoms with van der Waals surface area (Å²) < 4.78 is 2.06. The number of carbonyl (C=O) groups is 1. The Morgan fingerprint density at radius 3 is 2.95 bits per heavy atom. The summed E-state index contributed by atoms with van der Waals surface area (Å²) in [6, 6.07) is 4.12. The van der Waals surface area contributed by atoms with E-state index < -0.39 is 0 Å². The van der Waals surface area contributed by atoms with Gasteiger partial charge in [-0.05, 0) is 38.1 Å². The number of nitrogens with zero attached hydrogens (tertiary/aromatic N) is 1. The predicted molar refractivity (Wildman–Crippen MR) is 81.7 cm³/mol. The van der Waals surface area contributed by atoms with Crippen LogP contribution in [-0.4, -0.2) is 28.5 Å². The first kappa shape index (κ1) is 14.1. The molecule has 2 aromatic heterocycles. The number of rotatable bonds is 4. The number of H-pyrrole nitrogens is 1. The van der Waals surface area contributed by atoms with E-state index in [1.807, 2.05) is 18.3 Å². The quantitative estimate of drug-likeness (QED) is 0.791. The molecule has 0 aliphatic carbocycles. The topological polar surface area (TPSA) is 78.9 Å².